The molecule has 0 unspecified atom stereocenters. The average Bonchev–Trinajstić information content (AvgIpc) is 3.45. The number of imidazole rings is 1. The summed E-state index contributed by atoms with van der Waals surface area (Å²) >= 11 is 1.54. The van der Waals surface area contributed by atoms with Crippen LogP contribution in [0.3, 0.4) is 0 Å². The van der Waals surface area contributed by atoms with Gasteiger partial charge in [0.25, 0.3) is 5.91 Å². The van der Waals surface area contributed by atoms with E-state index in [4.69, 9.17) is 14.5 Å². The highest BCUT2D eigenvalue weighted by molar-refractivity contribution is 7.22. The van der Waals surface area contributed by atoms with E-state index in [0.29, 0.717) is 28.7 Å². The Morgan fingerprint density at radius 1 is 1.12 bits per heavy atom. The number of hydrogen-bond acceptors (Lipinski definition) is 6. The number of hydrogen-bond donors (Lipinski definition) is 0. The molecule has 4 rings (SSSR count). The molecule has 1 amide bonds. The molecule has 4 aromatic rings. The van der Waals surface area contributed by atoms with Crippen LogP contribution in [-0.4, -0.2) is 41.2 Å². The van der Waals surface area contributed by atoms with Crippen molar-refractivity contribution in [1.82, 2.24) is 14.5 Å². The topological polar surface area (TPSA) is 69.5 Å². The number of carbonyl (C=O) groups is 1. The van der Waals surface area contributed by atoms with E-state index in [9.17, 15) is 4.79 Å². The van der Waals surface area contributed by atoms with Crippen molar-refractivity contribution in [2.24, 2.45) is 0 Å². The van der Waals surface area contributed by atoms with Gasteiger partial charge in [-0.05, 0) is 55.7 Å². The molecule has 174 valence electrons. The number of halogens is 1. The molecule has 9 heteroatoms. The first-order valence-electron chi connectivity index (χ1n) is 10.4. The molecule has 2 aromatic carbocycles. The lowest BCUT2D eigenvalue weighted by molar-refractivity contribution is 0.0986. The van der Waals surface area contributed by atoms with E-state index in [1.807, 2.05) is 10.8 Å². The van der Waals surface area contributed by atoms with Crippen molar-refractivity contribution >= 4 is 45.0 Å². The number of thiazole rings is 1. The lowest BCUT2D eigenvalue weighted by atomic mass is 10.1. The van der Waals surface area contributed by atoms with E-state index in [-0.39, 0.29) is 18.3 Å². The Morgan fingerprint density at radius 3 is 2.61 bits per heavy atom. The minimum absolute atomic E-state index is 0. The first-order valence-corrected chi connectivity index (χ1v) is 11.2. The van der Waals surface area contributed by atoms with Crippen LogP contribution in [0.1, 0.15) is 27.9 Å². The molecule has 0 aliphatic carbocycles. The number of ether oxygens (including phenoxy) is 2. The second-order valence-electron chi connectivity index (χ2n) is 7.61. The average molecular weight is 487 g/mol. The highest BCUT2D eigenvalue weighted by atomic mass is 35.5. The van der Waals surface area contributed by atoms with Crippen LogP contribution in [0.5, 0.6) is 11.5 Å². The minimum Gasteiger partial charge on any atom is -0.493 e. The van der Waals surface area contributed by atoms with Crippen LogP contribution in [0, 0.1) is 13.8 Å². The summed E-state index contributed by atoms with van der Waals surface area (Å²) in [6, 6.07) is 9.46. The fourth-order valence-corrected chi connectivity index (χ4v) is 4.88. The number of nitrogens with zero attached hydrogens (tertiary/aromatic N) is 4. The standard InChI is InChI=1S/C24H26N4O3S.ClH/c1-16-12-17(2)22-21(13-16)32-24(26-22)28(10-5-9-27-11-8-25-15-27)23(29)18-6-7-19(30-3)20(14-18)31-4;/h6-8,11-15H,5,9-10H2,1-4H3;1H. The summed E-state index contributed by atoms with van der Waals surface area (Å²) in [4.78, 5) is 24.3. The van der Waals surface area contributed by atoms with Gasteiger partial charge in [-0.2, -0.15) is 0 Å². The van der Waals surface area contributed by atoms with Crippen LogP contribution >= 0.6 is 23.7 Å². The van der Waals surface area contributed by atoms with Crippen LogP contribution < -0.4 is 14.4 Å². The third-order valence-electron chi connectivity index (χ3n) is 5.28. The number of benzene rings is 2. The molecule has 2 heterocycles. The highest BCUT2D eigenvalue weighted by Gasteiger charge is 2.23. The van der Waals surface area contributed by atoms with Crippen LogP contribution in [0.15, 0.2) is 49.1 Å². The summed E-state index contributed by atoms with van der Waals surface area (Å²) < 4.78 is 13.8. The normalized spacial score (nSPS) is 10.7. The second kappa shape index (κ2) is 10.7. The van der Waals surface area contributed by atoms with E-state index < -0.39 is 0 Å². The Hall–Kier alpha value is -3.10. The van der Waals surface area contributed by atoms with Crippen molar-refractivity contribution < 1.29 is 14.3 Å². The van der Waals surface area contributed by atoms with Crippen molar-refractivity contribution in [3.05, 3.63) is 65.7 Å². The van der Waals surface area contributed by atoms with Gasteiger partial charge in [0, 0.05) is 31.0 Å². The van der Waals surface area contributed by atoms with Gasteiger partial charge in [-0.1, -0.05) is 17.4 Å². The smallest absolute Gasteiger partial charge is 0.260 e. The third-order valence-corrected chi connectivity index (χ3v) is 6.31. The molecule has 0 radical (unpaired) electrons. The molecule has 0 bridgehead atoms. The first kappa shape index (κ1) is 24.5. The number of amides is 1. The molecule has 0 aliphatic heterocycles. The van der Waals surface area contributed by atoms with Crippen molar-refractivity contribution in [2.45, 2.75) is 26.8 Å². The Bertz CT molecular complexity index is 1240. The molecule has 0 fully saturated rings. The maximum atomic E-state index is 13.6. The van der Waals surface area contributed by atoms with Gasteiger partial charge in [-0.3, -0.25) is 9.69 Å². The van der Waals surface area contributed by atoms with Gasteiger partial charge in [0.15, 0.2) is 16.6 Å². The van der Waals surface area contributed by atoms with Gasteiger partial charge in [-0.15, -0.1) is 12.4 Å². The van der Waals surface area contributed by atoms with E-state index in [2.05, 4.69) is 31.0 Å². The van der Waals surface area contributed by atoms with E-state index in [0.717, 1.165) is 28.7 Å². The molecular weight excluding hydrogens is 460 g/mol. The Morgan fingerprint density at radius 2 is 1.91 bits per heavy atom. The molecule has 0 aliphatic rings. The number of anilines is 1. The van der Waals surface area contributed by atoms with Gasteiger partial charge in [0.2, 0.25) is 0 Å². The Labute approximate surface area is 203 Å². The fraction of sp³-hybridized carbons (Fsp3) is 0.292. The van der Waals surface area contributed by atoms with Gasteiger partial charge in [0.1, 0.15) is 0 Å². The maximum absolute atomic E-state index is 13.6. The zero-order valence-electron chi connectivity index (χ0n) is 19.1. The summed E-state index contributed by atoms with van der Waals surface area (Å²) in [6.45, 7) is 5.42. The zero-order valence-corrected chi connectivity index (χ0v) is 20.7. The van der Waals surface area contributed by atoms with Crippen LogP contribution in [0.2, 0.25) is 0 Å². The predicted molar refractivity (Wildman–Crippen MR) is 134 cm³/mol. The maximum Gasteiger partial charge on any atom is 0.260 e. The van der Waals surface area contributed by atoms with Gasteiger partial charge in [-0.25, -0.2) is 9.97 Å². The summed E-state index contributed by atoms with van der Waals surface area (Å²) in [6.07, 6.45) is 6.23. The molecule has 0 saturated carbocycles. The van der Waals surface area contributed by atoms with E-state index in [1.54, 1.807) is 61.2 Å². The fourth-order valence-electron chi connectivity index (χ4n) is 3.71. The number of methoxy groups -OCH3 is 2. The summed E-state index contributed by atoms with van der Waals surface area (Å²) in [5, 5.41) is 0.694. The van der Waals surface area contributed by atoms with Crippen LogP contribution in [0.4, 0.5) is 5.13 Å². The second-order valence-corrected chi connectivity index (χ2v) is 8.61. The lowest BCUT2D eigenvalue weighted by Gasteiger charge is -2.20. The van der Waals surface area contributed by atoms with Crippen molar-refractivity contribution in [3.63, 3.8) is 0 Å². The Balaban J connectivity index is 0.00000306. The number of aryl methyl sites for hydroxylation is 3. The molecular formula is C24H27ClN4O3S. The molecule has 0 N–H and O–H groups in total. The summed E-state index contributed by atoms with van der Waals surface area (Å²) in [5.41, 5.74) is 3.76. The van der Waals surface area contributed by atoms with Crippen LogP contribution in [0.25, 0.3) is 10.2 Å². The SMILES string of the molecule is COc1ccc(C(=O)N(CCCn2ccnc2)c2nc3c(C)cc(C)cc3s2)cc1OC.Cl. The van der Waals surface area contributed by atoms with E-state index >= 15 is 0 Å². The molecule has 0 spiro atoms. The quantitative estimate of drug-likeness (QED) is 0.338. The highest BCUT2D eigenvalue weighted by Crippen LogP contribution is 2.34. The monoisotopic (exact) mass is 486 g/mol. The zero-order chi connectivity index (χ0) is 22.7. The number of rotatable bonds is 8. The Kier molecular flexibility index (Phi) is 7.94. The van der Waals surface area contributed by atoms with Gasteiger partial charge >= 0.3 is 0 Å². The molecule has 2 aromatic heterocycles. The van der Waals surface area contributed by atoms with Crippen LogP contribution in [-0.2, 0) is 6.54 Å². The first-order chi connectivity index (χ1) is 15.5. The lowest BCUT2D eigenvalue weighted by Crippen LogP contribution is -2.32. The summed E-state index contributed by atoms with van der Waals surface area (Å²) in [7, 11) is 3.14. The molecule has 0 atom stereocenters. The van der Waals surface area contributed by atoms with Crippen molar-refractivity contribution in [3.8, 4) is 11.5 Å². The number of aromatic nitrogens is 3. The van der Waals surface area contributed by atoms with Crippen molar-refractivity contribution in [1.29, 1.82) is 0 Å². The summed E-state index contributed by atoms with van der Waals surface area (Å²) in [5.74, 6) is 0.985. The van der Waals surface area contributed by atoms with Gasteiger partial charge < -0.3 is 14.0 Å². The number of fused-ring (bicyclic) bond motifs is 1. The molecule has 7 nitrogen and oxygen atoms in total. The predicted octanol–water partition coefficient (Wildman–Crippen LogP) is 5.29. The third kappa shape index (κ3) is 5.29. The van der Waals surface area contributed by atoms with E-state index in [1.165, 1.54) is 5.56 Å². The molecule has 0 saturated heterocycles. The minimum atomic E-state index is -0.120. The van der Waals surface area contributed by atoms with Gasteiger partial charge in [0.05, 0.1) is 30.8 Å². The van der Waals surface area contributed by atoms with Crippen molar-refractivity contribution in [2.75, 3.05) is 25.7 Å². The largest absolute Gasteiger partial charge is 0.493 e. The number of carbonyl (C=O) groups excluding carboxylic acids is 1. The molecule has 33 heavy (non-hydrogen) atoms.